The molecule has 2 heteroatoms. The lowest BCUT2D eigenvalue weighted by atomic mass is 9.84. The van der Waals surface area contributed by atoms with Crippen LogP contribution in [0.3, 0.4) is 0 Å². The standard InChI is InChI=1S/C12H20O2/c1-12(2,3)8-11(14)9-5-4-6-10(13)7-9/h5,10,13H,4,6-8H2,1-3H3/t10-/m1/s1. The van der Waals surface area contributed by atoms with Crippen LogP contribution < -0.4 is 0 Å². The maximum Gasteiger partial charge on any atom is 0.159 e. The summed E-state index contributed by atoms with van der Waals surface area (Å²) in [6, 6.07) is 0. The van der Waals surface area contributed by atoms with Crippen molar-refractivity contribution in [2.45, 2.75) is 52.6 Å². The van der Waals surface area contributed by atoms with Gasteiger partial charge in [-0.05, 0) is 23.8 Å². The third-order valence-electron chi connectivity index (χ3n) is 2.40. The van der Waals surface area contributed by atoms with Gasteiger partial charge < -0.3 is 5.11 Å². The smallest absolute Gasteiger partial charge is 0.159 e. The lowest BCUT2D eigenvalue weighted by Gasteiger charge is -2.21. The van der Waals surface area contributed by atoms with E-state index in [0.29, 0.717) is 12.8 Å². The predicted molar refractivity (Wildman–Crippen MR) is 57.0 cm³/mol. The van der Waals surface area contributed by atoms with E-state index in [0.717, 1.165) is 18.4 Å². The highest BCUT2D eigenvalue weighted by molar-refractivity contribution is 5.95. The molecule has 0 saturated heterocycles. The summed E-state index contributed by atoms with van der Waals surface area (Å²) in [4.78, 5) is 11.8. The van der Waals surface area contributed by atoms with E-state index in [4.69, 9.17) is 0 Å². The number of carbonyl (C=O) groups excluding carboxylic acids is 1. The highest BCUT2D eigenvalue weighted by Crippen LogP contribution is 2.25. The van der Waals surface area contributed by atoms with Crippen LogP contribution in [0.1, 0.15) is 46.5 Å². The number of hydrogen-bond acceptors (Lipinski definition) is 2. The maximum absolute atomic E-state index is 11.8. The average Bonchev–Trinajstić information content (AvgIpc) is 2.01. The number of ketones is 1. The highest BCUT2D eigenvalue weighted by Gasteiger charge is 2.22. The summed E-state index contributed by atoms with van der Waals surface area (Å²) in [6.45, 7) is 6.18. The van der Waals surface area contributed by atoms with E-state index in [1.54, 1.807) is 0 Å². The number of allylic oxidation sites excluding steroid dienone is 1. The fraction of sp³-hybridized carbons (Fsp3) is 0.750. The van der Waals surface area contributed by atoms with Gasteiger partial charge in [0.25, 0.3) is 0 Å². The Morgan fingerprint density at radius 3 is 2.71 bits per heavy atom. The van der Waals surface area contributed by atoms with Gasteiger partial charge >= 0.3 is 0 Å². The zero-order valence-electron chi connectivity index (χ0n) is 9.34. The van der Waals surface area contributed by atoms with Gasteiger partial charge in [0.15, 0.2) is 5.78 Å². The molecule has 1 aliphatic carbocycles. The Balaban J connectivity index is 2.57. The molecule has 0 unspecified atom stereocenters. The fourth-order valence-corrected chi connectivity index (χ4v) is 1.71. The molecule has 0 spiro atoms. The summed E-state index contributed by atoms with van der Waals surface area (Å²) in [5.74, 6) is 0.205. The van der Waals surface area contributed by atoms with Gasteiger partial charge in [-0.25, -0.2) is 0 Å². The molecule has 0 bridgehead atoms. The summed E-state index contributed by atoms with van der Waals surface area (Å²) in [7, 11) is 0. The number of rotatable bonds is 2. The Bertz CT molecular complexity index is 246. The lowest BCUT2D eigenvalue weighted by molar-refractivity contribution is -0.117. The largest absolute Gasteiger partial charge is 0.393 e. The van der Waals surface area contributed by atoms with Crippen LogP contribution in [0.15, 0.2) is 11.6 Å². The summed E-state index contributed by atoms with van der Waals surface area (Å²) < 4.78 is 0. The molecule has 2 nitrogen and oxygen atoms in total. The van der Waals surface area contributed by atoms with Crippen molar-refractivity contribution < 1.29 is 9.90 Å². The van der Waals surface area contributed by atoms with Crippen molar-refractivity contribution in [2.75, 3.05) is 0 Å². The first-order chi connectivity index (χ1) is 6.38. The first-order valence-corrected chi connectivity index (χ1v) is 5.29. The predicted octanol–water partition coefficient (Wildman–Crippen LogP) is 2.46. The van der Waals surface area contributed by atoms with Gasteiger partial charge in [0, 0.05) is 12.8 Å². The molecule has 1 atom stereocenters. The van der Waals surface area contributed by atoms with Crippen LogP contribution >= 0.6 is 0 Å². The van der Waals surface area contributed by atoms with Gasteiger partial charge in [-0.1, -0.05) is 26.8 Å². The number of carbonyl (C=O) groups is 1. The molecule has 1 aliphatic rings. The van der Waals surface area contributed by atoms with Gasteiger partial charge in [-0.15, -0.1) is 0 Å². The van der Waals surface area contributed by atoms with E-state index in [1.807, 2.05) is 6.08 Å². The van der Waals surface area contributed by atoms with E-state index in [-0.39, 0.29) is 17.3 Å². The van der Waals surface area contributed by atoms with Crippen molar-refractivity contribution in [2.24, 2.45) is 5.41 Å². The number of Topliss-reactive ketones (excluding diaryl/α,β-unsaturated/α-hetero) is 1. The van der Waals surface area contributed by atoms with Crippen LogP contribution in [0.4, 0.5) is 0 Å². The second kappa shape index (κ2) is 4.26. The lowest BCUT2D eigenvalue weighted by Crippen LogP contribution is -2.20. The minimum absolute atomic E-state index is 0.0420. The monoisotopic (exact) mass is 196 g/mol. The van der Waals surface area contributed by atoms with Crippen molar-refractivity contribution >= 4 is 5.78 Å². The number of aliphatic hydroxyl groups excluding tert-OH is 1. The van der Waals surface area contributed by atoms with E-state index < -0.39 is 0 Å². The van der Waals surface area contributed by atoms with Gasteiger partial charge in [0.1, 0.15) is 0 Å². The summed E-state index contributed by atoms with van der Waals surface area (Å²) >= 11 is 0. The van der Waals surface area contributed by atoms with Crippen LogP contribution in [0.25, 0.3) is 0 Å². The molecule has 0 aromatic carbocycles. The zero-order valence-corrected chi connectivity index (χ0v) is 9.34. The molecule has 0 aliphatic heterocycles. The average molecular weight is 196 g/mol. The quantitative estimate of drug-likeness (QED) is 0.736. The van der Waals surface area contributed by atoms with Crippen LogP contribution in [0.2, 0.25) is 0 Å². The summed E-state index contributed by atoms with van der Waals surface area (Å²) in [5, 5.41) is 9.43. The van der Waals surface area contributed by atoms with Crippen molar-refractivity contribution in [3.8, 4) is 0 Å². The molecule has 0 aromatic rings. The number of hydrogen-bond donors (Lipinski definition) is 1. The molecule has 80 valence electrons. The van der Waals surface area contributed by atoms with Crippen molar-refractivity contribution in [1.29, 1.82) is 0 Å². The zero-order chi connectivity index (χ0) is 10.8. The van der Waals surface area contributed by atoms with Crippen LogP contribution in [-0.4, -0.2) is 17.0 Å². The maximum atomic E-state index is 11.8. The van der Waals surface area contributed by atoms with Gasteiger partial charge in [-0.2, -0.15) is 0 Å². The van der Waals surface area contributed by atoms with Gasteiger partial charge in [-0.3, -0.25) is 4.79 Å². The fourth-order valence-electron chi connectivity index (χ4n) is 1.71. The van der Waals surface area contributed by atoms with Crippen molar-refractivity contribution in [3.05, 3.63) is 11.6 Å². The molecular weight excluding hydrogens is 176 g/mol. The molecule has 0 heterocycles. The molecule has 0 aromatic heterocycles. The number of aliphatic hydroxyl groups is 1. The normalized spacial score (nSPS) is 23.1. The molecule has 14 heavy (non-hydrogen) atoms. The van der Waals surface area contributed by atoms with Gasteiger partial charge in [0.2, 0.25) is 0 Å². The molecule has 0 amide bonds. The Hall–Kier alpha value is -0.630. The topological polar surface area (TPSA) is 37.3 Å². The second-order valence-electron chi connectivity index (χ2n) is 5.33. The molecule has 1 N–H and O–H groups in total. The third-order valence-corrected chi connectivity index (χ3v) is 2.40. The van der Waals surface area contributed by atoms with E-state index in [2.05, 4.69) is 20.8 Å². The molecule has 0 fully saturated rings. The Labute approximate surface area is 86.0 Å². The van der Waals surface area contributed by atoms with E-state index in [9.17, 15) is 9.90 Å². The highest BCUT2D eigenvalue weighted by atomic mass is 16.3. The Morgan fingerprint density at radius 1 is 1.57 bits per heavy atom. The van der Waals surface area contributed by atoms with Crippen molar-refractivity contribution in [3.63, 3.8) is 0 Å². The minimum Gasteiger partial charge on any atom is -0.393 e. The van der Waals surface area contributed by atoms with Gasteiger partial charge in [0.05, 0.1) is 6.10 Å². The molecule has 0 saturated carbocycles. The van der Waals surface area contributed by atoms with Crippen molar-refractivity contribution in [1.82, 2.24) is 0 Å². The summed E-state index contributed by atoms with van der Waals surface area (Å²) in [5.41, 5.74) is 0.874. The second-order valence-corrected chi connectivity index (χ2v) is 5.33. The third kappa shape index (κ3) is 3.62. The molecular formula is C12H20O2. The van der Waals surface area contributed by atoms with Crippen LogP contribution in [0, 0.1) is 5.41 Å². The first kappa shape index (κ1) is 11.4. The Kier molecular flexibility index (Phi) is 3.48. The van der Waals surface area contributed by atoms with Crippen LogP contribution in [0.5, 0.6) is 0 Å². The van der Waals surface area contributed by atoms with Crippen LogP contribution in [-0.2, 0) is 4.79 Å². The summed E-state index contributed by atoms with van der Waals surface area (Å²) in [6.07, 6.45) is 4.44. The minimum atomic E-state index is -0.307. The molecule has 0 radical (unpaired) electrons. The van der Waals surface area contributed by atoms with E-state index >= 15 is 0 Å². The Morgan fingerprint density at radius 2 is 2.21 bits per heavy atom. The SMILES string of the molecule is CC(C)(C)CC(=O)C1=CCC[C@@H](O)C1. The first-order valence-electron chi connectivity index (χ1n) is 5.29. The van der Waals surface area contributed by atoms with E-state index in [1.165, 1.54) is 0 Å². The molecule has 1 rings (SSSR count).